The highest BCUT2D eigenvalue weighted by atomic mass is 32.1. The second-order valence-corrected chi connectivity index (χ2v) is 14.1. The van der Waals surface area contributed by atoms with Gasteiger partial charge in [-0.15, -0.1) is 11.3 Å². The molecule has 0 radical (unpaired) electrons. The lowest BCUT2D eigenvalue weighted by atomic mass is 9.99. The zero-order chi connectivity index (χ0) is 47.4. The lowest BCUT2D eigenvalue weighted by Gasteiger charge is -2.16. The van der Waals surface area contributed by atoms with Crippen LogP contribution in [-0.4, -0.2) is 19.5 Å². The number of para-hydroxylation sites is 1. The van der Waals surface area contributed by atoms with Gasteiger partial charge < -0.3 is 4.57 Å². The first kappa shape index (κ1) is 22.2. The van der Waals surface area contributed by atoms with Crippen molar-refractivity contribution in [2.24, 2.45) is 0 Å². The number of rotatable bonds is 6. The number of hydrogen-bond acceptors (Lipinski definition) is 4. The summed E-state index contributed by atoms with van der Waals surface area (Å²) in [5, 5.41) is 1.92. The lowest BCUT2D eigenvalue weighted by molar-refractivity contribution is 1.08. The van der Waals surface area contributed by atoms with Crippen LogP contribution in [0.5, 0.6) is 0 Å². The van der Waals surface area contributed by atoms with E-state index in [4.69, 9.17) is 24.5 Å². The molecule has 3 heterocycles. The Kier molecular flexibility index (Phi) is 5.27. The summed E-state index contributed by atoms with van der Waals surface area (Å²) in [7, 11) is 0. The van der Waals surface area contributed by atoms with Crippen molar-refractivity contribution in [2.75, 3.05) is 0 Å². The zero-order valence-corrected chi connectivity index (χ0v) is 30.1. The third-order valence-electron chi connectivity index (χ3n) is 9.80. The van der Waals surface area contributed by atoms with Gasteiger partial charge in [-0.3, -0.25) is 0 Å². The molecule has 5 heteroatoms. The minimum absolute atomic E-state index is 0.0826. The van der Waals surface area contributed by atoms with Crippen molar-refractivity contribution < 1.29 is 16.4 Å². The van der Waals surface area contributed by atoms with Gasteiger partial charge in [-0.1, -0.05) is 145 Å². The van der Waals surface area contributed by atoms with E-state index in [9.17, 15) is 6.85 Å². The molecular formula is C51H32N4S. The van der Waals surface area contributed by atoms with Crippen LogP contribution in [0.15, 0.2) is 194 Å². The van der Waals surface area contributed by atoms with Crippen molar-refractivity contribution in [1.82, 2.24) is 19.5 Å². The van der Waals surface area contributed by atoms with E-state index in [1.165, 1.54) is 4.57 Å². The average Bonchev–Trinajstić information content (AvgIpc) is 3.94. The van der Waals surface area contributed by atoms with Crippen molar-refractivity contribution >= 4 is 53.3 Å². The van der Waals surface area contributed by atoms with E-state index in [2.05, 4.69) is 18.2 Å². The molecule has 0 aliphatic rings. The van der Waals surface area contributed by atoms with Crippen molar-refractivity contribution in [3.8, 4) is 62.1 Å². The lowest BCUT2D eigenvalue weighted by Crippen LogP contribution is -2.02. The molecule has 0 fully saturated rings. The van der Waals surface area contributed by atoms with Crippen LogP contribution in [0.25, 0.3) is 104 Å². The Morgan fingerprint density at radius 2 is 1.11 bits per heavy atom. The first-order chi connectivity index (χ1) is 32.8. The standard InChI is InChI=1S/C51H32N4S/c1-4-15-33(16-5-1)36-27-29-46-43(31-36)38-21-10-12-25-44(38)55(46)45-30-28-37(32-42(45)34-17-6-2-7-18-34)50-52-49(35-19-8-3-9-20-35)53-51(54-50)41-24-14-23-40-39-22-11-13-26-47(39)56-48(40)41/h1-32H/i1D,4D,5D,10D,12D,15D,16D,21D,25D,27D,29D,31D. The molecule has 0 atom stereocenters. The fourth-order valence-corrected chi connectivity index (χ4v) is 8.45. The quantitative estimate of drug-likeness (QED) is 0.170. The Bertz CT molecular complexity index is 3920. The van der Waals surface area contributed by atoms with E-state index >= 15 is 0 Å². The number of aromatic nitrogens is 4. The predicted molar refractivity (Wildman–Crippen MR) is 234 cm³/mol. The van der Waals surface area contributed by atoms with Crippen LogP contribution in [0.2, 0.25) is 0 Å². The Labute approximate surface area is 344 Å². The average molecular weight is 745 g/mol. The van der Waals surface area contributed by atoms with Gasteiger partial charge in [0, 0.05) is 53.2 Å². The van der Waals surface area contributed by atoms with Gasteiger partial charge in [0.15, 0.2) is 17.5 Å². The van der Waals surface area contributed by atoms with Gasteiger partial charge >= 0.3 is 0 Å². The summed E-state index contributed by atoms with van der Waals surface area (Å²) in [6.45, 7) is 0. The second-order valence-electron chi connectivity index (χ2n) is 13.1. The zero-order valence-electron chi connectivity index (χ0n) is 41.2. The summed E-state index contributed by atoms with van der Waals surface area (Å²) >= 11 is 1.66. The van der Waals surface area contributed by atoms with Gasteiger partial charge in [0.05, 0.1) is 33.2 Å². The Morgan fingerprint density at radius 1 is 0.429 bits per heavy atom. The largest absolute Gasteiger partial charge is 0.309 e. The molecule has 0 amide bonds. The summed E-state index contributed by atoms with van der Waals surface area (Å²) in [6, 6.07) is 31.2. The van der Waals surface area contributed by atoms with Crippen LogP contribution in [0.3, 0.4) is 0 Å². The van der Waals surface area contributed by atoms with E-state index in [1.807, 2.05) is 91.0 Å². The van der Waals surface area contributed by atoms with Crippen molar-refractivity contribution in [2.45, 2.75) is 0 Å². The Balaban J connectivity index is 1.22. The van der Waals surface area contributed by atoms with E-state index in [0.717, 1.165) is 31.3 Å². The molecule has 262 valence electrons. The summed E-state index contributed by atoms with van der Waals surface area (Å²) in [5.74, 6) is 1.23. The molecule has 0 saturated carbocycles. The van der Waals surface area contributed by atoms with E-state index in [0.29, 0.717) is 39.9 Å². The molecule has 56 heavy (non-hydrogen) atoms. The van der Waals surface area contributed by atoms with Crippen LogP contribution in [0.1, 0.15) is 16.4 Å². The van der Waals surface area contributed by atoms with Gasteiger partial charge in [0.2, 0.25) is 0 Å². The third kappa shape index (κ3) is 5.40. The first-order valence-corrected chi connectivity index (χ1v) is 18.6. The fourth-order valence-electron chi connectivity index (χ4n) is 7.24. The number of hydrogen-bond donors (Lipinski definition) is 0. The monoisotopic (exact) mass is 744 g/mol. The summed E-state index contributed by atoms with van der Waals surface area (Å²) in [4.78, 5) is 15.2. The Hall–Kier alpha value is -7.21. The maximum Gasteiger partial charge on any atom is 0.165 e. The fraction of sp³-hybridized carbons (Fsp3) is 0. The van der Waals surface area contributed by atoms with Crippen LogP contribution in [-0.2, 0) is 0 Å². The molecule has 0 aliphatic carbocycles. The minimum Gasteiger partial charge on any atom is -0.309 e. The van der Waals surface area contributed by atoms with E-state index < -0.39 is 83.6 Å². The molecule has 0 N–H and O–H groups in total. The maximum atomic E-state index is 9.65. The molecule has 3 aromatic heterocycles. The molecule has 4 nitrogen and oxygen atoms in total. The number of benzene rings is 8. The molecule has 0 spiro atoms. The topological polar surface area (TPSA) is 43.6 Å². The first-order valence-electron chi connectivity index (χ1n) is 23.8. The van der Waals surface area contributed by atoms with E-state index in [-0.39, 0.29) is 21.8 Å². The highest BCUT2D eigenvalue weighted by Crippen LogP contribution is 2.41. The molecule has 11 aromatic rings. The highest BCUT2D eigenvalue weighted by Gasteiger charge is 2.20. The van der Waals surface area contributed by atoms with Crippen molar-refractivity contribution in [3.05, 3.63) is 194 Å². The molecule has 0 bridgehead atoms. The van der Waals surface area contributed by atoms with Gasteiger partial charge in [-0.25, -0.2) is 15.0 Å². The molecule has 11 rings (SSSR count). The predicted octanol–water partition coefficient (Wildman–Crippen LogP) is 13.7. The van der Waals surface area contributed by atoms with E-state index in [1.54, 1.807) is 23.5 Å². The molecular weight excluding hydrogens is 701 g/mol. The molecule has 0 saturated heterocycles. The summed E-state index contributed by atoms with van der Waals surface area (Å²) < 4.78 is 111. The normalized spacial score (nSPS) is 14.6. The summed E-state index contributed by atoms with van der Waals surface area (Å²) in [5.41, 5.74) is 2.61. The van der Waals surface area contributed by atoms with Gasteiger partial charge in [0.25, 0.3) is 0 Å². The van der Waals surface area contributed by atoms with Gasteiger partial charge in [-0.05, 0) is 65.1 Å². The molecule has 0 aliphatic heterocycles. The minimum atomic E-state index is -0.693. The van der Waals surface area contributed by atoms with Crippen LogP contribution < -0.4 is 0 Å². The maximum absolute atomic E-state index is 9.65. The molecule has 8 aromatic carbocycles. The molecule has 0 unspecified atom stereocenters. The van der Waals surface area contributed by atoms with Crippen LogP contribution in [0.4, 0.5) is 0 Å². The van der Waals surface area contributed by atoms with Gasteiger partial charge in [-0.2, -0.15) is 0 Å². The van der Waals surface area contributed by atoms with Crippen molar-refractivity contribution in [1.29, 1.82) is 0 Å². The SMILES string of the molecule is [2H]c1c([2H])c([2H])c(-c2c([2H])c([2H])c3c(c2[2H])c2c([2H])c([2H])c([2H])c([2H])c2n3-c2ccc(-c3nc(-c4ccccc4)nc(-c4cccc5c4sc4ccccc45)n3)cc2-c2ccccc2)c([2H])c1[2H]. The van der Waals surface area contributed by atoms with Crippen molar-refractivity contribution in [3.63, 3.8) is 0 Å². The Morgan fingerprint density at radius 3 is 1.95 bits per heavy atom. The summed E-state index contributed by atoms with van der Waals surface area (Å²) in [6.07, 6.45) is 0. The van der Waals surface area contributed by atoms with Gasteiger partial charge in [0.1, 0.15) is 0 Å². The smallest absolute Gasteiger partial charge is 0.165 e. The van der Waals surface area contributed by atoms with Crippen LogP contribution >= 0.6 is 11.3 Å². The number of nitrogens with zero attached hydrogens (tertiary/aromatic N) is 4. The second kappa shape index (κ2) is 13.3. The number of thiophene rings is 1. The number of fused-ring (bicyclic) bond motifs is 6. The highest BCUT2D eigenvalue weighted by molar-refractivity contribution is 7.26. The van der Waals surface area contributed by atoms with Crippen LogP contribution in [0, 0.1) is 0 Å². The third-order valence-corrected chi connectivity index (χ3v) is 11.0.